The topological polar surface area (TPSA) is 84.7 Å². The number of ether oxygens (including phenoxy) is 1. The lowest BCUT2D eigenvalue weighted by Crippen LogP contribution is -2.27. The zero-order valence-corrected chi connectivity index (χ0v) is 18.5. The molecule has 1 aromatic heterocycles. The number of hydrazine groups is 1. The van der Waals surface area contributed by atoms with Crippen LogP contribution in [0.4, 0.5) is 15.8 Å². The summed E-state index contributed by atoms with van der Waals surface area (Å²) in [5, 5.41) is 3.74. The van der Waals surface area contributed by atoms with Crippen LogP contribution < -0.4 is 16.2 Å². The molecule has 164 valence electrons. The van der Waals surface area contributed by atoms with Gasteiger partial charge in [0.1, 0.15) is 5.82 Å². The molecule has 0 bridgehead atoms. The number of nitrogens with zero attached hydrogens (tertiary/aromatic N) is 1. The molecule has 0 atom stereocenters. The standard InChI is InChI=1S/C23H19ClFN3O3S/c1-14(20-10-11-21(24)32-20)17(13-28(26)16-6-4-3-5-7-16)22(29)27-19-12-15(23(30)31-2)8-9-18(19)25/h3-13H,1,26H2,2H3,(H,27,29)/b17-13+. The summed E-state index contributed by atoms with van der Waals surface area (Å²) < 4.78 is 19.5. The number of anilines is 2. The minimum Gasteiger partial charge on any atom is -0.465 e. The number of nitrogens with one attached hydrogen (secondary N) is 1. The van der Waals surface area contributed by atoms with Crippen LogP contribution in [-0.2, 0) is 9.53 Å². The highest BCUT2D eigenvalue weighted by Gasteiger charge is 2.20. The number of carbonyl (C=O) groups excluding carboxylic acids is 2. The maximum Gasteiger partial charge on any atom is 0.337 e. The number of halogens is 2. The summed E-state index contributed by atoms with van der Waals surface area (Å²) in [5.41, 5.74) is 0.939. The third-order valence-corrected chi connectivity index (χ3v) is 5.69. The van der Waals surface area contributed by atoms with Crippen molar-refractivity contribution in [2.75, 3.05) is 17.4 Å². The summed E-state index contributed by atoms with van der Waals surface area (Å²) in [6.45, 7) is 4.00. The molecule has 9 heteroatoms. The Kier molecular flexibility index (Phi) is 7.42. The van der Waals surface area contributed by atoms with Crippen molar-refractivity contribution >= 4 is 51.8 Å². The second kappa shape index (κ2) is 10.2. The smallest absolute Gasteiger partial charge is 0.337 e. The van der Waals surface area contributed by atoms with Gasteiger partial charge in [0.2, 0.25) is 0 Å². The van der Waals surface area contributed by atoms with E-state index in [9.17, 15) is 14.0 Å². The first kappa shape index (κ1) is 23.2. The summed E-state index contributed by atoms with van der Waals surface area (Å²) in [6.07, 6.45) is 1.39. The van der Waals surface area contributed by atoms with E-state index in [2.05, 4.69) is 16.6 Å². The molecule has 0 aliphatic heterocycles. The van der Waals surface area contributed by atoms with Crippen LogP contribution in [0.25, 0.3) is 5.57 Å². The number of hydrogen-bond acceptors (Lipinski definition) is 6. The molecule has 3 aromatic rings. The highest BCUT2D eigenvalue weighted by Crippen LogP contribution is 2.32. The number of para-hydroxylation sites is 1. The number of esters is 1. The van der Waals surface area contributed by atoms with Crippen molar-refractivity contribution in [3.8, 4) is 0 Å². The Morgan fingerprint density at radius 1 is 1.19 bits per heavy atom. The zero-order valence-electron chi connectivity index (χ0n) is 17.0. The highest BCUT2D eigenvalue weighted by molar-refractivity contribution is 7.17. The minimum atomic E-state index is -0.720. The predicted octanol–water partition coefficient (Wildman–Crippen LogP) is 5.24. The van der Waals surface area contributed by atoms with E-state index in [1.807, 2.05) is 6.07 Å². The number of thiophene rings is 1. The second-order valence-corrected chi connectivity index (χ2v) is 8.22. The third kappa shape index (κ3) is 5.42. The van der Waals surface area contributed by atoms with Gasteiger partial charge >= 0.3 is 5.97 Å². The van der Waals surface area contributed by atoms with Crippen LogP contribution in [0.5, 0.6) is 0 Å². The molecular weight excluding hydrogens is 453 g/mol. The Balaban J connectivity index is 1.98. The van der Waals surface area contributed by atoms with Gasteiger partial charge in [-0.05, 0) is 48.0 Å². The molecule has 3 rings (SSSR count). The van der Waals surface area contributed by atoms with Crippen molar-refractivity contribution in [3.63, 3.8) is 0 Å². The number of benzene rings is 2. The predicted molar refractivity (Wildman–Crippen MR) is 126 cm³/mol. The molecule has 0 fully saturated rings. The summed E-state index contributed by atoms with van der Waals surface area (Å²) >= 11 is 7.26. The Labute approximate surface area is 193 Å². The minimum absolute atomic E-state index is 0.0812. The van der Waals surface area contributed by atoms with Crippen molar-refractivity contribution in [1.29, 1.82) is 0 Å². The van der Waals surface area contributed by atoms with Crippen LogP contribution in [0.2, 0.25) is 4.34 Å². The van der Waals surface area contributed by atoms with Gasteiger partial charge in [0.15, 0.2) is 0 Å². The largest absolute Gasteiger partial charge is 0.465 e. The average molecular weight is 472 g/mol. The van der Waals surface area contributed by atoms with Gasteiger partial charge in [-0.3, -0.25) is 9.80 Å². The van der Waals surface area contributed by atoms with Crippen LogP contribution in [-0.4, -0.2) is 19.0 Å². The lowest BCUT2D eigenvalue weighted by Gasteiger charge is -2.18. The number of methoxy groups -OCH3 is 1. The van der Waals surface area contributed by atoms with Crippen molar-refractivity contribution < 1.29 is 18.7 Å². The fourth-order valence-corrected chi connectivity index (χ4v) is 3.78. The van der Waals surface area contributed by atoms with E-state index in [0.29, 0.717) is 20.5 Å². The maximum absolute atomic E-state index is 14.4. The molecule has 1 heterocycles. The number of rotatable bonds is 7. The first-order valence-corrected chi connectivity index (χ1v) is 10.4. The van der Waals surface area contributed by atoms with Crippen molar-refractivity contribution in [2.45, 2.75) is 0 Å². The fourth-order valence-electron chi connectivity index (χ4n) is 2.75. The SMILES string of the molecule is C=C(/C(=C\N(N)c1ccccc1)C(=O)Nc1cc(C(=O)OC)ccc1F)c1ccc(Cl)s1. The van der Waals surface area contributed by atoms with E-state index >= 15 is 0 Å². The molecule has 0 spiro atoms. The van der Waals surface area contributed by atoms with E-state index in [1.165, 1.54) is 41.8 Å². The van der Waals surface area contributed by atoms with Crippen LogP contribution in [0.3, 0.4) is 0 Å². The molecule has 0 aliphatic rings. The first-order chi connectivity index (χ1) is 15.3. The molecule has 6 nitrogen and oxygen atoms in total. The average Bonchev–Trinajstić information content (AvgIpc) is 3.24. The van der Waals surface area contributed by atoms with E-state index in [-0.39, 0.29) is 16.8 Å². The van der Waals surface area contributed by atoms with Gasteiger partial charge < -0.3 is 10.1 Å². The molecule has 0 saturated carbocycles. The van der Waals surface area contributed by atoms with Crippen molar-refractivity contribution in [3.05, 3.63) is 99.6 Å². The van der Waals surface area contributed by atoms with E-state index in [1.54, 1.807) is 36.4 Å². The van der Waals surface area contributed by atoms with Gasteiger partial charge in [0.25, 0.3) is 5.91 Å². The molecule has 1 amide bonds. The second-order valence-electron chi connectivity index (χ2n) is 6.51. The normalized spacial score (nSPS) is 11.1. The molecule has 0 aliphatic carbocycles. The third-order valence-electron chi connectivity index (χ3n) is 4.40. The van der Waals surface area contributed by atoms with Crippen LogP contribution >= 0.6 is 22.9 Å². The van der Waals surface area contributed by atoms with E-state index < -0.39 is 17.7 Å². The monoisotopic (exact) mass is 471 g/mol. The van der Waals surface area contributed by atoms with Crippen LogP contribution in [0.1, 0.15) is 15.2 Å². The quantitative estimate of drug-likeness (QED) is 0.162. The van der Waals surface area contributed by atoms with Crippen LogP contribution in [0, 0.1) is 5.82 Å². The molecule has 0 saturated heterocycles. The summed E-state index contributed by atoms with van der Waals surface area (Å²) in [6, 6.07) is 15.9. The Bertz CT molecular complexity index is 1190. The number of amides is 1. The molecular formula is C23H19ClFN3O3S. The molecule has 3 N–H and O–H groups in total. The number of hydrogen-bond donors (Lipinski definition) is 2. The molecule has 32 heavy (non-hydrogen) atoms. The Hall–Kier alpha value is -3.46. The van der Waals surface area contributed by atoms with Gasteiger partial charge in [-0.25, -0.2) is 15.0 Å². The Morgan fingerprint density at radius 3 is 2.53 bits per heavy atom. The molecule has 0 radical (unpaired) electrons. The van der Waals surface area contributed by atoms with Gasteiger partial charge in [-0.15, -0.1) is 11.3 Å². The molecule has 0 unspecified atom stereocenters. The van der Waals surface area contributed by atoms with Crippen molar-refractivity contribution in [1.82, 2.24) is 0 Å². The van der Waals surface area contributed by atoms with Gasteiger partial charge in [-0.2, -0.15) is 0 Å². The maximum atomic E-state index is 14.4. The number of carbonyl (C=O) groups is 2. The summed E-state index contributed by atoms with van der Waals surface area (Å²) in [7, 11) is 1.21. The van der Waals surface area contributed by atoms with Crippen molar-refractivity contribution in [2.24, 2.45) is 5.84 Å². The highest BCUT2D eigenvalue weighted by atomic mass is 35.5. The lowest BCUT2D eigenvalue weighted by atomic mass is 10.1. The first-order valence-electron chi connectivity index (χ1n) is 9.25. The summed E-state index contributed by atoms with van der Waals surface area (Å²) in [5.74, 6) is 4.08. The Morgan fingerprint density at radius 2 is 1.91 bits per heavy atom. The molecule has 2 aromatic carbocycles. The van der Waals surface area contributed by atoms with Gasteiger partial charge in [0, 0.05) is 11.1 Å². The van der Waals surface area contributed by atoms with E-state index in [0.717, 1.165) is 6.07 Å². The number of nitrogens with two attached hydrogens (primary N) is 1. The lowest BCUT2D eigenvalue weighted by molar-refractivity contribution is -0.112. The fraction of sp³-hybridized carbons (Fsp3) is 0.0435. The van der Waals surface area contributed by atoms with Gasteiger partial charge in [-0.1, -0.05) is 36.4 Å². The zero-order chi connectivity index (χ0) is 23.3. The van der Waals surface area contributed by atoms with Gasteiger partial charge in [0.05, 0.1) is 34.0 Å². The van der Waals surface area contributed by atoms with Crippen LogP contribution in [0.15, 0.2) is 79.0 Å². The summed E-state index contributed by atoms with van der Waals surface area (Å²) in [4.78, 5) is 25.6. The van der Waals surface area contributed by atoms with E-state index in [4.69, 9.17) is 17.4 Å².